The Bertz CT molecular complexity index is 979. The maximum Gasteiger partial charge on any atom is 0.246 e. The number of nitrogens with one attached hydrogen (secondary N) is 1. The van der Waals surface area contributed by atoms with Crippen LogP contribution in [-0.2, 0) is 21.2 Å². The minimum atomic E-state index is -3.32. The summed E-state index contributed by atoms with van der Waals surface area (Å²) in [6, 6.07) is 13.4. The molecule has 7 nitrogen and oxygen atoms in total. The Morgan fingerprint density at radius 1 is 1.17 bits per heavy atom. The molecule has 0 aliphatic rings. The van der Waals surface area contributed by atoms with Crippen molar-refractivity contribution in [3.8, 4) is 0 Å². The summed E-state index contributed by atoms with van der Waals surface area (Å²) < 4.78 is 24.6. The van der Waals surface area contributed by atoms with E-state index in [4.69, 9.17) is 0 Å². The fourth-order valence-corrected chi connectivity index (χ4v) is 2.84. The summed E-state index contributed by atoms with van der Waals surface area (Å²) in [6.45, 7) is -0.0103. The summed E-state index contributed by atoms with van der Waals surface area (Å²) in [6.07, 6.45) is 1.12. The predicted octanol–water partition coefficient (Wildman–Crippen LogP) is 1.47. The summed E-state index contributed by atoms with van der Waals surface area (Å²) in [4.78, 5) is 12.3. The third kappa shape index (κ3) is 3.37. The molecule has 3 rings (SSSR count). The molecule has 118 valence electrons. The van der Waals surface area contributed by atoms with Crippen molar-refractivity contribution in [2.24, 2.45) is 0 Å². The molecule has 0 saturated heterocycles. The average molecular weight is 330 g/mol. The maximum atomic E-state index is 12.1. The molecule has 2 aromatic carbocycles. The Morgan fingerprint density at radius 3 is 2.74 bits per heavy atom. The van der Waals surface area contributed by atoms with E-state index in [1.165, 1.54) is 16.8 Å². The number of amides is 1. The molecule has 3 aromatic rings. The molecule has 0 unspecified atom stereocenters. The van der Waals surface area contributed by atoms with Crippen LogP contribution in [0.15, 0.2) is 53.4 Å². The van der Waals surface area contributed by atoms with Crippen LogP contribution in [0.3, 0.4) is 0 Å². The molecule has 0 fully saturated rings. The van der Waals surface area contributed by atoms with E-state index in [-0.39, 0.29) is 17.3 Å². The van der Waals surface area contributed by atoms with Gasteiger partial charge in [0.15, 0.2) is 9.84 Å². The lowest BCUT2D eigenvalue weighted by Crippen LogP contribution is -2.19. The van der Waals surface area contributed by atoms with Gasteiger partial charge in [-0.05, 0) is 30.3 Å². The van der Waals surface area contributed by atoms with E-state index in [1.807, 2.05) is 24.3 Å². The monoisotopic (exact) mass is 330 g/mol. The van der Waals surface area contributed by atoms with Crippen LogP contribution < -0.4 is 5.32 Å². The average Bonchev–Trinajstić information content (AvgIpc) is 2.90. The zero-order chi connectivity index (χ0) is 16.4. The number of fused-ring (bicyclic) bond motifs is 1. The topological polar surface area (TPSA) is 94.0 Å². The minimum Gasteiger partial charge on any atom is -0.324 e. The molecule has 0 bridgehead atoms. The van der Waals surface area contributed by atoms with E-state index in [0.29, 0.717) is 11.2 Å². The van der Waals surface area contributed by atoms with Gasteiger partial charge in [-0.1, -0.05) is 23.4 Å². The maximum absolute atomic E-state index is 12.1. The van der Waals surface area contributed by atoms with E-state index < -0.39 is 9.84 Å². The number of sulfone groups is 1. The summed E-state index contributed by atoms with van der Waals surface area (Å²) in [5, 5.41) is 10.6. The highest BCUT2D eigenvalue weighted by atomic mass is 32.2. The first kappa shape index (κ1) is 15.2. The molecule has 8 heteroatoms. The van der Waals surface area contributed by atoms with Crippen molar-refractivity contribution in [3.63, 3.8) is 0 Å². The van der Waals surface area contributed by atoms with Crippen molar-refractivity contribution < 1.29 is 13.2 Å². The number of carbonyl (C=O) groups excluding carboxylic acids is 1. The lowest BCUT2D eigenvalue weighted by molar-refractivity contribution is -0.116. The summed E-state index contributed by atoms with van der Waals surface area (Å²) in [5.74, 6) is -0.314. The van der Waals surface area contributed by atoms with Gasteiger partial charge in [-0.2, -0.15) is 0 Å². The van der Waals surface area contributed by atoms with Gasteiger partial charge in [-0.15, -0.1) is 5.10 Å². The molecular weight excluding hydrogens is 316 g/mol. The number of aromatic nitrogens is 3. The second-order valence-corrected chi connectivity index (χ2v) is 7.10. The van der Waals surface area contributed by atoms with Gasteiger partial charge < -0.3 is 5.32 Å². The van der Waals surface area contributed by atoms with Crippen LogP contribution in [0, 0.1) is 0 Å². The number of nitrogens with zero attached hydrogens (tertiary/aromatic N) is 3. The van der Waals surface area contributed by atoms with Crippen molar-refractivity contribution in [2.75, 3.05) is 11.6 Å². The van der Waals surface area contributed by atoms with Crippen molar-refractivity contribution in [1.29, 1.82) is 0 Å². The van der Waals surface area contributed by atoms with Gasteiger partial charge in [0.05, 0.1) is 10.4 Å². The molecule has 0 spiro atoms. The summed E-state index contributed by atoms with van der Waals surface area (Å²) in [5.41, 5.74) is 1.88. The van der Waals surface area contributed by atoms with E-state index in [0.717, 1.165) is 11.8 Å². The Hall–Kier alpha value is -2.74. The highest BCUT2D eigenvalue weighted by Crippen LogP contribution is 2.15. The summed E-state index contributed by atoms with van der Waals surface area (Å²) >= 11 is 0. The number of hydrogen-bond acceptors (Lipinski definition) is 5. The van der Waals surface area contributed by atoms with Crippen LogP contribution in [0.25, 0.3) is 11.0 Å². The SMILES string of the molecule is CS(=O)(=O)c1cccc(NC(=O)Cn2nnc3ccccc32)c1. The molecule has 0 aliphatic heterocycles. The molecule has 0 saturated carbocycles. The van der Waals surface area contributed by atoms with Crippen molar-refractivity contribution in [1.82, 2.24) is 15.0 Å². The fraction of sp³-hybridized carbons (Fsp3) is 0.133. The van der Waals surface area contributed by atoms with Gasteiger partial charge in [-0.25, -0.2) is 13.1 Å². The predicted molar refractivity (Wildman–Crippen MR) is 85.7 cm³/mol. The van der Waals surface area contributed by atoms with Gasteiger partial charge in [0, 0.05) is 11.9 Å². The van der Waals surface area contributed by atoms with Crippen LogP contribution in [0.5, 0.6) is 0 Å². The lowest BCUT2D eigenvalue weighted by Gasteiger charge is -2.07. The lowest BCUT2D eigenvalue weighted by atomic mass is 10.3. The van der Waals surface area contributed by atoms with Crippen LogP contribution in [-0.4, -0.2) is 35.6 Å². The van der Waals surface area contributed by atoms with Crippen LogP contribution in [0.1, 0.15) is 0 Å². The van der Waals surface area contributed by atoms with Crippen molar-refractivity contribution in [3.05, 3.63) is 48.5 Å². The molecule has 1 aromatic heterocycles. The van der Waals surface area contributed by atoms with Crippen LogP contribution in [0.2, 0.25) is 0 Å². The quantitative estimate of drug-likeness (QED) is 0.782. The Morgan fingerprint density at radius 2 is 1.96 bits per heavy atom. The Kier molecular flexibility index (Phi) is 3.83. The normalized spacial score (nSPS) is 11.5. The Balaban J connectivity index is 1.77. The van der Waals surface area contributed by atoms with Gasteiger partial charge >= 0.3 is 0 Å². The molecule has 0 radical (unpaired) electrons. The van der Waals surface area contributed by atoms with Gasteiger partial charge in [0.25, 0.3) is 0 Å². The number of anilines is 1. The van der Waals surface area contributed by atoms with Crippen molar-refractivity contribution >= 4 is 32.5 Å². The van der Waals surface area contributed by atoms with E-state index in [9.17, 15) is 13.2 Å². The zero-order valence-corrected chi connectivity index (χ0v) is 13.1. The Labute approximate surface area is 132 Å². The highest BCUT2D eigenvalue weighted by molar-refractivity contribution is 7.90. The molecule has 0 atom stereocenters. The number of benzene rings is 2. The van der Waals surface area contributed by atoms with Gasteiger partial charge in [-0.3, -0.25) is 4.79 Å². The van der Waals surface area contributed by atoms with Crippen molar-refractivity contribution in [2.45, 2.75) is 11.4 Å². The smallest absolute Gasteiger partial charge is 0.246 e. The first-order chi connectivity index (χ1) is 10.9. The van der Waals surface area contributed by atoms with Gasteiger partial charge in [0.2, 0.25) is 5.91 Å². The third-order valence-electron chi connectivity index (χ3n) is 3.26. The molecule has 1 heterocycles. The first-order valence-corrected chi connectivity index (χ1v) is 8.71. The molecule has 23 heavy (non-hydrogen) atoms. The van der Waals surface area contributed by atoms with Gasteiger partial charge in [0.1, 0.15) is 12.1 Å². The molecule has 1 amide bonds. The molecule has 1 N–H and O–H groups in total. The van der Waals surface area contributed by atoms with E-state index in [2.05, 4.69) is 15.6 Å². The second kappa shape index (κ2) is 5.81. The largest absolute Gasteiger partial charge is 0.324 e. The molecule has 0 aliphatic carbocycles. The number of para-hydroxylation sites is 1. The first-order valence-electron chi connectivity index (χ1n) is 6.82. The minimum absolute atomic E-state index is 0.0103. The van der Waals surface area contributed by atoms with E-state index in [1.54, 1.807) is 12.1 Å². The molecular formula is C15H14N4O3S. The third-order valence-corrected chi connectivity index (χ3v) is 4.37. The number of carbonyl (C=O) groups is 1. The highest BCUT2D eigenvalue weighted by Gasteiger charge is 2.11. The summed E-state index contributed by atoms with van der Waals surface area (Å²) in [7, 11) is -3.32. The number of rotatable bonds is 4. The number of hydrogen-bond donors (Lipinski definition) is 1. The second-order valence-electron chi connectivity index (χ2n) is 5.08. The fourth-order valence-electron chi connectivity index (χ4n) is 2.18. The van der Waals surface area contributed by atoms with Crippen LogP contribution >= 0.6 is 0 Å². The zero-order valence-electron chi connectivity index (χ0n) is 12.3. The van der Waals surface area contributed by atoms with Crippen LogP contribution in [0.4, 0.5) is 5.69 Å². The van der Waals surface area contributed by atoms with E-state index >= 15 is 0 Å². The standard InChI is InChI=1S/C15H14N4O3S/c1-23(21,22)12-6-4-5-11(9-12)16-15(20)10-19-14-8-3-2-7-13(14)17-18-19/h2-9H,10H2,1H3,(H,16,20).